The Morgan fingerprint density at radius 2 is 1.64 bits per heavy atom. The van der Waals surface area contributed by atoms with Gasteiger partial charge in [0.25, 0.3) is 0 Å². The van der Waals surface area contributed by atoms with Crippen LogP contribution in [-0.2, 0) is 0 Å². The molecule has 0 unspecified atom stereocenters. The highest BCUT2D eigenvalue weighted by Gasteiger charge is 1.94. The summed E-state index contributed by atoms with van der Waals surface area (Å²) in [5.41, 5.74) is 9.73. The van der Waals surface area contributed by atoms with Crippen LogP contribution in [0.3, 0.4) is 0 Å². The number of allylic oxidation sites excluding steroid dienone is 4. The molecule has 62 valence electrons. The van der Waals surface area contributed by atoms with Crippen LogP contribution in [0.25, 0.3) is 0 Å². The van der Waals surface area contributed by atoms with Crippen molar-refractivity contribution in [2.45, 2.75) is 27.7 Å². The molecule has 0 aromatic rings. The van der Waals surface area contributed by atoms with Crippen LogP contribution in [0.5, 0.6) is 0 Å². The number of nitrogens with two attached hydrogens (primary N) is 1. The summed E-state index contributed by atoms with van der Waals surface area (Å²) >= 11 is 0. The van der Waals surface area contributed by atoms with Gasteiger partial charge in [-0.3, -0.25) is 0 Å². The fourth-order valence-corrected chi connectivity index (χ4v) is 0.795. The van der Waals surface area contributed by atoms with Gasteiger partial charge in [0.2, 0.25) is 0 Å². The van der Waals surface area contributed by atoms with Crippen LogP contribution in [0.2, 0.25) is 0 Å². The molecule has 0 radical (unpaired) electrons. The molecule has 0 aromatic carbocycles. The molecule has 0 spiro atoms. The minimum atomic E-state index is 0.653. The van der Waals surface area contributed by atoms with Crippen molar-refractivity contribution in [1.29, 1.82) is 0 Å². The molecule has 0 fully saturated rings. The molecule has 0 aliphatic carbocycles. The van der Waals surface area contributed by atoms with E-state index in [4.69, 9.17) is 5.73 Å². The summed E-state index contributed by atoms with van der Waals surface area (Å²) in [4.78, 5) is 0. The zero-order valence-corrected chi connectivity index (χ0v) is 7.86. The van der Waals surface area contributed by atoms with E-state index in [0.717, 1.165) is 5.57 Å². The summed E-state index contributed by atoms with van der Waals surface area (Å²) in [6, 6.07) is 0. The standard InChI is InChI=1S/C10H17N/c1-7(2)6-8(3)9(4)10(5)11/h6H,5,11H2,1-4H3/b9-8-. The van der Waals surface area contributed by atoms with Gasteiger partial charge in [0.15, 0.2) is 0 Å². The van der Waals surface area contributed by atoms with Gasteiger partial charge in [-0.1, -0.05) is 18.2 Å². The monoisotopic (exact) mass is 151 g/mol. The number of hydrogen-bond acceptors (Lipinski definition) is 1. The highest BCUT2D eigenvalue weighted by molar-refractivity contribution is 5.35. The average molecular weight is 151 g/mol. The highest BCUT2D eigenvalue weighted by atomic mass is 14.6. The van der Waals surface area contributed by atoms with E-state index in [1.807, 2.05) is 13.8 Å². The van der Waals surface area contributed by atoms with Gasteiger partial charge in [-0.2, -0.15) is 0 Å². The molecule has 0 amide bonds. The van der Waals surface area contributed by atoms with Crippen LogP contribution in [0.4, 0.5) is 0 Å². The molecule has 0 atom stereocenters. The van der Waals surface area contributed by atoms with Crippen molar-refractivity contribution in [3.63, 3.8) is 0 Å². The van der Waals surface area contributed by atoms with Crippen LogP contribution in [0.15, 0.2) is 35.1 Å². The van der Waals surface area contributed by atoms with Crippen LogP contribution in [0.1, 0.15) is 27.7 Å². The maximum Gasteiger partial charge on any atom is 0.0273 e. The maximum atomic E-state index is 5.53. The van der Waals surface area contributed by atoms with Gasteiger partial charge in [0, 0.05) is 5.70 Å². The molecule has 0 heterocycles. The molecule has 0 aliphatic rings. The number of rotatable bonds is 2. The van der Waals surface area contributed by atoms with E-state index in [2.05, 4.69) is 26.5 Å². The lowest BCUT2D eigenvalue weighted by atomic mass is 10.1. The normalized spacial score (nSPS) is 12.0. The van der Waals surface area contributed by atoms with E-state index in [9.17, 15) is 0 Å². The summed E-state index contributed by atoms with van der Waals surface area (Å²) in [5.74, 6) is 0. The molecule has 0 saturated carbocycles. The summed E-state index contributed by atoms with van der Waals surface area (Å²) in [6.45, 7) is 11.8. The van der Waals surface area contributed by atoms with Crippen LogP contribution < -0.4 is 5.73 Å². The van der Waals surface area contributed by atoms with Crippen molar-refractivity contribution in [3.05, 3.63) is 35.1 Å². The molecule has 0 saturated heterocycles. The van der Waals surface area contributed by atoms with Crippen molar-refractivity contribution >= 4 is 0 Å². The van der Waals surface area contributed by atoms with E-state index < -0.39 is 0 Å². The Hall–Kier alpha value is -0.980. The fraction of sp³-hybridized carbons (Fsp3) is 0.400. The predicted octanol–water partition coefficient (Wildman–Crippen LogP) is 2.76. The third-order valence-electron chi connectivity index (χ3n) is 1.58. The van der Waals surface area contributed by atoms with Gasteiger partial charge in [0.1, 0.15) is 0 Å². The molecule has 1 nitrogen and oxygen atoms in total. The quantitative estimate of drug-likeness (QED) is 0.603. The predicted molar refractivity (Wildman–Crippen MR) is 51.1 cm³/mol. The van der Waals surface area contributed by atoms with Crippen LogP contribution in [0, 0.1) is 0 Å². The van der Waals surface area contributed by atoms with Crippen molar-refractivity contribution in [2.75, 3.05) is 0 Å². The smallest absolute Gasteiger partial charge is 0.0273 e. The van der Waals surface area contributed by atoms with Crippen molar-refractivity contribution in [2.24, 2.45) is 5.73 Å². The van der Waals surface area contributed by atoms with Crippen molar-refractivity contribution < 1.29 is 0 Å². The van der Waals surface area contributed by atoms with Crippen molar-refractivity contribution in [1.82, 2.24) is 0 Å². The summed E-state index contributed by atoms with van der Waals surface area (Å²) in [5, 5.41) is 0. The third-order valence-corrected chi connectivity index (χ3v) is 1.58. The van der Waals surface area contributed by atoms with Crippen molar-refractivity contribution in [3.8, 4) is 0 Å². The second kappa shape index (κ2) is 4.02. The first-order chi connectivity index (χ1) is 4.95. The van der Waals surface area contributed by atoms with E-state index >= 15 is 0 Å². The molecule has 0 bridgehead atoms. The fourth-order valence-electron chi connectivity index (χ4n) is 0.795. The molecule has 0 aromatic heterocycles. The Labute approximate surface area is 69.3 Å². The van der Waals surface area contributed by atoms with Gasteiger partial charge in [0.05, 0.1) is 0 Å². The molecule has 1 heteroatoms. The lowest BCUT2D eigenvalue weighted by molar-refractivity contribution is 1.23. The highest BCUT2D eigenvalue weighted by Crippen LogP contribution is 2.10. The molecule has 0 aliphatic heterocycles. The average Bonchev–Trinajstić information content (AvgIpc) is 1.84. The van der Waals surface area contributed by atoms with Gasteiger partial charge >= 0.3 is 0 Å². The van der Waals surface area contributed by atoms with Gasteiger partial charge in [-0.15, -0.1) is 0 Å². The lowest BCUT2D eigenvalue weighted by Gasteiger charge is -2.02. The van der Waals surface area contributed by atoms with Gasteiger partial charge < -0.3 is 5.73 Å². The molecular weight excluding hydrogens is 134 g/mol. The Balaban J connectivity index is 4.68. The maximum absolute atomic E-state index is 5.53. The number of hydrogen-bond donors (Lipinski definition) is 1. The Morgan fingerprint density at radius 3 is 1.91 bits per heavy atom. The summed E-state index contributed by atoms with van der Waals surface area (Å²) in [7, 11) is 0. The molecular formula is C10H17N. The lowest BCUT2D eigenvalue weighted by Crippen LogP contribution is -1.97. The largest absolute Gasteiger partial charge is 0.399 e. The van der Waals surface area contributed by atoms with E-state index in [0.29, 0.717) is 5.70 Å². The second-order valence-corrected chi connectivity index (χ2v) is 3.05. The van der Waals surface area contributed by atoms with E-state index in [1.165, 1.54) is 11.1 Å². The van der Waals surface area contributed by atoms with Gasteiger partial charge in [-0.05, 0) is 38.8 Å². The summed E-state index contributed by atoms with van der Waals surface area (Å²) in [6.07, 6.45) is 2.10. The topological polar surface area (TPSA) is 26.0 Å². The second-order valence-electron chi connectivity index (χ2n) is 3.05. The molecule has 2 N–H and O–H groups in total. The Morgan fingerprint density at radius 1 is 1.18 bits per heavy atom. The van der Waals surface area contributed by atoms with Gasteiger partial charge in [-0.25, -0.2) is 0 Å². The van der Waals surface area contributed by atoms with E-state index in [1.54, 1.807) is 0 Å². The first-order valence-electron chi connectivity index (χ1n) is 3.72. The first kappa shape index (κ1) is 10.0. The van der Waals surface area contributed by atoms with Crippen LogP contribution in [-0.4, -0.2) is 0 Å². The van der Waals surface area contributed by atoms with E-state index in [-0.39, 0.29) is 0 Å². The zero-order valence-electron chi connectivity index (χ0n) is 7.86. The third kappa shape index (κ3) is 3.66. The zero-order chi connectivity index (χ0) is 9.02. The molecule has 11 heavy (non-hydrogen) atoms. The Kier molecular flexibility index (Phi) is 3.66. The minimum Gasteiger partial charge on any atom is -0.399 e. The Bertz CT molecular complexity index is 215. The van der Waals surface area contributed by atoms with Crippen LogP contribution >= 0.6 is 0 Å². The SMILES string of the molecule is C=C(N)/C(C)=C(/C)C=C(C)C. The minimum absolute atomic E-state index is 0.653. The first-order valence-corrected chi connectivity index (χ1v) is 3.72. The summed E-state index contributed by atoms with van der Waals surface area (Å²) < 4.78 is 0. The molecule has 0 rings (SSSR count).